The lowest BCUT2D eigenvalue weighted by atomic mass is 9.96. The van der Waals surface area contributed by atoms with Crippen molar-refractivity contribution in [2.24, 2.45) is 0 Å². The molecular weight excluding hydrogens is 326 g/mol. The number of fused-ring (bicyclic) bond motifs is 1. The number of aromatic nitrogens is 2. The normalized spacial score (nSPS) is 25.1. The zero-order valence-electron chi connectivity index (χ0n) is 16.0. The SMILES string of the molecule is CN1CCc2nc([C@H]3CCCN(CC(=O)N4CCCCC4)C3)ncc2C1. The second-order valence-corrected chi connectivity index (χ2v) is 8.20. The van der Waals surface area contributed by atoms with E-state index in [1.165, 1.54) is 17.7 Å². The van der Waals surface area contributed by atoms with Crippen LogP contribution in [0, 0.1) is 0 Å². The fourth-order valence-electron chi connectivity index (χ4n) is 4.51. The molecule has 2 fully saturated rings. The number of carbonyl (C=O) groups is 1. The lowest BCUT2D eigenvalue weighted by Gasteiger charge is -2.34. The predicted octanol–water partition coefficient (Wildman–Crippen LogP) is 1.66. The number of hydrogen-bond donors (Lipinski definition) is 0. The Balaban J connectivity index is 1.38. The largest absolute Gasteiger partial charge is 0.342 e. The Labute approximate surface area is 156 Å². The predicted molar refractivity (Wildman–Crippen MR) is 101 cm³/mol. The smallest absolute Gasteiger partial charge is 0.236 e. The highest BCUT2D eigenvalue weighted by Gasteiger charge is 2.27. The summed E-state index contributed by atoms with van der Waals surface area (Å²) < 4.78 is 0. The summed E-state index contributed by atoms with van der Waals surface area (Å²) in [5, 5.41) is 0. The zero-order chi connectivity index (χ0) is 17.9. The van der Waals surface area contributed by atoms with Gasteiger partial charge in [-0.25, -0.2) is 9.97 Å². The van der Waals surface area contributed by atoms with Gasteiger partial charge in [-0.3, -0.25) is 9.69 Å². The van der Waals surface area contributed by atoms with Crippen molar-refractivity contribution in [1.29, 1.82) is 0 Å². The molecule has 142 valence electrons. The van der Waals surface area contributed by atoms with E-state index in [9.17, 15) is 4.79 Å². The molecule has 6 nitrogen and oxygen atoms in total. The van der Waals surface area contributed by atoms with Crippen molar-refractivity contribution >= 4 is 5.91 Å². The Morgan fingerprint density at radius 1 is 1.15 bits per heavy atom. The van der Waals surface area contributed by atoms with Crippen molar-refractivity contribution in [2.45, 2.75) is 51.0 Å². The minimum atomic E-state index is 0.305. The maximum Gasteiger partial charge on any atom is 0.236 e. The number of likely N-dealkylation sites (tertiary alicyclic amines) is 2. The van der Waals surface area contributed by atoms with Crippen molar-refractivity contribution in [2.75, 3.05) is 46.3 Å². The van der Waals surface area contributed by atoms with E-state index >= 15 is 0 Å². The first-order valence-electron chi connectivity index (χ1n) is 10.2. The van der Waals surface area contributed by atoms with Crippen LogP contribution in [0.5, 0.6) is 0 Å². The van der Waals surface area contributed by atoms with Gasteiger partial charge in [0.2, 0.25) is 5.91 Å². The summed E-state index contributed by atoms with van der Waals surface area (Å²) >= 11 is 0. The lowest BCUT2D eigenvalue weighted by molar-refractivity contribution is -0.133. The molecule has 3 aliphatic heterocycles. The van der Waals surface area contributed by atoms with Crippen LogP contribution in [-0.4, -0.2) is 76.9 Å². The second kappa shape index (κ2) is 8.01. The summed E-state index contributed by atoms with van der Waals surface area (Å²) in [6.07, 6.45) is 8.89. The van der Waals surface area contributed by atoms with Crippen LogP contribution in [0.1, 0.15) is 55.1 Å². The van der Waals surface area contributed by atoms with Crippen molar-refractivity contribution in [1.82, 2.24) is 24.7 Å². The monoisotopic (exact) mass is 357 g/mol. The molecule has 0 spiro atoms. The molecule has 0 bridgehead atoms. The van der Waals surface area contributed by atoms with Gasteiger partial charge in [0.15, 0.2) is 0 Å². The molecule has 2 saturated heterocycles. The topological polar surface area (TPSA) is 52.6 Å². The number of carbonyl (C=O) groups excluding carboxylic acids is 1. The minimum Gasteiger partial charge on any atom is -0.342 e. The molecule has 0 aliphatic carbocycles. The van der Waals surface area contributed by atoms with Gasteiger partial charge in [0.1, 0.15) is 5.82 Å². The van der Waals surface area contributed by atoms with Crippen LogP contribution in [0.4, 0.5) is 0 Å². The van der Waals surface area contributed by atoms with Crippen LogP contribution >= 0.6 is 0 Å². The van der Waals surface area contributed by atoms with Crippen LogP contribution in [0.3, 0.4) is 0 Å². The van der Waals surface area contributed by atoms with Crippen LogP contribution in [-0.2, 0) is 17.8 Å². The fraction of sp³-hybridized carbons (Fsp3) is 0.750. The highest BCUT2D eigenvalue weighted by Crippen LogP contribution is 2.26. The maximum absolute atomic E-state index is 12.6. The third kappa shape index (κ3) is 4.07. The highest BCUT2D eigenvalue weighted by atomic mass is 16.2. The van der Waals surface area contributed by atoms with E-state index in [1.54, 1.807) is 0 Å². The number of hydrogen-bond acceptors (Lipinski definition) is 5. The Morgan fingerprint density at radius 3 is 2.85 bits per heavy atom. The first-order valence-corrected chi connectivity index (χ1v) is 10.2. The molecular formula is C20H31N5O. The van der Waals surface area contributed by atoms with E-state index in [1.807, 2.05) is 6.20 Å². The summed E-state index contributed by atoms with van der Waals surface area (Å²) in [5.41, 5.74) is 2.50. The van der Waals surface area contributed by atoms with E-state index in [0.717, 1.165) is 77.2 Å². The second-order valence-electron chi connectivity index (χ2n) is 8.20. The van der Waals surface area contributed by atoms with E-state index in [4.69, 9.17) is 9.97 Å². The molecule has 6 heteroatoms. The first-order chi connectivity index (χ1) is 12.7. The molecule has 1 amide bonds. The molecule has 26 heavy (non-hydrogen) atoms. The van der Waals surface area contributed by atoms with Crippen LogP contribution < -0.4 is 0 Å². The average molecular weight is 358 g/mol. The van der Waals surface area contributed by atoms with Gasteiger partial charge >= 0.3 is 0 Å². The van der Waals surface area contributed by atoms with E-state index in [-0.39, 0.29) is 0 Å². The van der Waals surface area contributed by atoms with Gasteiger partial charge < -0.3 is 9.80 Å². The Bertz CT molecular complexity index is 643. The Hall–Kier alpha value is -1.53. The van der Waals surface area contributed by atoms with Gasteiger partial charge in [-0.2, -0.15) is 0 Å². The molecule has 1 aromatic heterocycles. The van der Waals surface area contributed by atoms with E-state index < -0.39 is 0 Å². The quantitative estimate of drug-likeness (QED) is 0.823. The standard InChI is InChI=1S/C20H31N5O/c1-23-11-7-18-17(13-23)12-21-20(22-18)16-6-5-8-24(14-16)15-19(26)25-9-3-2-4-10-25/h12,16H,2-11,13-15H2,1H3/t16-/m0/s1. The van der Waals surface area contributed by atoms with E-state index in [2.05, 4.69) is 21.7 Å². The van der Waals surface area contributed by atoms with Gasteiger partial charge in [0.25, 0.3) is 0 Å². The number of rotatable bonds is 3. The Kier molecular flexibility index (Phi) is 5.50. The van der Waals surface area contributed by atoms with Crippen molar-refractivity contribution in [3.63, 3.8) is 0 Å². The van der Waals surface area contributed by atoms with Gasteiger partial charge in [0, 0.05) is 62.5 Å². The molecule has 0 radical (unpaired) electrons. The average Bonchev–Trinajstić information content (AvgIpc) is 2.68. The number of piperidine rings is 2. The van der Waals surface area contributed by atoms with Crippen LogP contribution in [0.2, 0.25) is 0 Å². The molecule has 0 N–H and O–H groups in total. The third-order valence-electron chi connectivity index (χ3n) is 6.08. The summed E-state index contributed by atoms with van der Waals surface area (Å²) in [5.74, 6) is 1.66. The molecule has 0 unspecified atom stereocenters. The van der Waals surface area contributed by atoms with Gasteiger partial charge in [-0.05, 0) is 45.7 Å². The summed E-state index contributed by atoms with van der Waals surface area (Å²) in [6.45, 7) is 6.41. The van der Waals surface area contributed by atoms with Crippen LogP contribution in [0.15, 0.2) is 6.20 Å². The van der Waals surface area contributed by atoms with Gasteiger partial charge in [-0.15, -0.1) is 0 Å². The molecule has 0 saturated carbocycles. The maximum atomic E-state index is 12.6. The molecule has 4 rings (SSSR count). The van der Waals surface area contributed by atoms with E-state index in [0.29, 0.717) is 18.4 Å². The number of likely N-dealkylation sites (N-methyl/N-ethyl adjacent to an activating group) is 1. The zero-order valence-corrected chi connectivity index (χ0v) is 16.0. The van der Waals surface area contributed by atoms with Crippen molar-refractivity contribution in [3.8, 4) is 0 Å². The summed E-state index contributed by atoms with van der Waals surface area (Å²) in [6, 6.07) is 0. The number of amides is 1. The fourth-order valence-corrected chi connectivity index (χ4v) is 4.51. The van der Waals surface area contributed by atoms with Gasteiger partial charge in [-0.1, -0.05) is 0 Å². The Morgan fingerprint density at radius 2 is 2.00 bits per heavy atom. The lowest BCUT2D eigenvalue weighted by Crippen LogP contribution is -2.45. The highest BCUT2D eigenvalue weighted by molar-refractivity contribution is 5.78. The molecule has 1 aromatic rings. The van der Waals surface area contributed by atoms with Gasteiger partial charge in [0.05, 0.1) is 6.54 Å². The van der Waals surface area contributed by atoms with Crippen LogP contribution in [0.25, 0.3) is 0 Å². The third-order valence-corrected chi connectivity index (χ3v) is 6.08. The number of nitrogens with zero attached hydrogens (tertiary/aromatic N) is 5. The molecule has 4 heterocycles. The summed E-state index contributed by atoms with van der Waals surface area (Å²) in [4.78, 5) is 28.9. The molecule has 1 atom stereocenters. The molecule has 3 aliphatic rings. The minimum absolute atomic E-state index is 0.305. The first kappa shape index (κ1) is 17.9. The van der Waals surface area contributed by atoms with Crippen molar-refractivity contribution in [3.05, 3.63) is 23.3 Å². The van der Waals surface area contributed by atoms with Crippen molar-refractivity contribution < 1.29 is 4.79 Å². The molecule has 0 aromatic carbocycles. The summed E-state index contributed by atoms with van der Waals surface area (Å²) in [7, 11) is 2.15.